The summed E-state index contributed by atoms with van der Waals surface area (Å²) in [5.74, 6) is 0. The van der Waals surface area contributed by atoms with Crippen LogP contribution in [0, 0.1) is 10.8 Å². The average Bonchev–Trinajstić information content (AvgIpc) is 2.26. The Hall–Kier alpha value is -0.920. The fourth-order valence-electron chi connectivity index (χ4n) is 2.04. The van der Waals surface area contributed by atoms with Gasteiger partial charge in [0.2, 0.25) is 0 Å². The van der Waals surface area contributed by atoms with Gasteiger partial charge in [0.05, 0.1) is 5.70 Å². The first kappa shape index (κ1) is 11.2. The van der Waals surface area contributed by atoms with Crippen LogP contribution in [0.3, 0.4) is 0 Å². The van der Waals surface area contributed by atoms with Gasteiger partial charge >= 0.3 is 0 Å². The molecule has 0 fully saturated rings. The van der Waals surface area contributed by atoms with Crippen molar-refractivity contribution in [2.45, 2.75) is 27.7 Å². The zero-order chi connectivity index (χ0) is 11.1. The Morgan fingerprint density at radius 3 is 2.07 bits per heavy atom. The van der Waals surface area contributed by atoms with E-state index in [1.807, 2.05) is 6.08 Å². The second-order valence-electron chi connectivity index (χ2n) is 5.48. The molecule has 0 saturated carbocycles. The van der Waals surface area contributed by atoms with Crippen LogP contribution in [0.1, 0.15) is 27.7 Å². The predicted octanol–water partition coefficient (Wildman–Crippen LogP) is 2.34. The number of allylic oxidation sites excluding steroid dienone is 2. The van der Waals surface area contributed by atoms with Crippen LogP contribution in [-0.4, -0.2) is 19.0 Å². The van der Waals surface area contributed by atoms with Gasteiger partial charge in [0.25, 0.3) is 0 Å². The highest BCUT2D eigenvalue weighted by atomic mass is 15.1. The van der Waals surface area contributed by atoms with Crippen LogP contribution in [0.5, 0.6) is 0 Å². The average molecular weight is 194 g/mol. The molecule has 0 radical (unpaired) electrons. The Morgan fingerprint density at radius 2 is 1.79 bits per heavy atom. The molecule has 1 rings (SSSR count). The molecule has 0 spiro atoms. The Bertz CT molecular complexity index is 292. The van der Waals surface area contributed by atoms with Gasteiger partial charge in [0, 0.05) is 25.2 Å². The lowest BCUT2D eigenvalue weighted by atomic mass is 9.67. The summed E-state index contributed by atoms with van der Waals surface area (Å²) >= 11 is 0. The standard InChI is InChI=1S/C12H22N2/c1-11(2,3)12(4)8-7-9(13)10(12)14(5)6/h7-8H,13H2,1-6H3. The smallest absolute Gasteiger partial charge is 0.0515 e. The lowest BCUT2D eigenvalue weighted by molar-refractivity contribution is 0.177. The van der Waals surface area contributed by atoms with E-state index in [4.69, 9.17) is 5.73 Å². The van der Waals surface area contributed by atoms with Gasteiger partial charge in [-0.05, 0) is 18.4 Å². The van der Waals surface area contributed by atoms with Crippen molar-refractivity contribution in [1.29, 1.82) is 0 Å². The zero-order valence-corrected chi connectivity index (χ0v) is 10.2. The summed E-state index contributed by atoms with van der Waals surface area (Å²) in [5, 5.41) is 0. The molecule has 0 saturated heterocycles. The van der Waals surface area contributed by atoms with E-state index >= 15 is 0 Å². The monoisotopic (exact) mass is 194 g/mol. The predicted molar refractivity (Wildman–Crippen MR) is 61.6 cm³/mol. The molecule has 0 heterocycles. The molecule has 1 aliphatic carbocycles. The molecule has 2 nitrogen and oxygen atoms in total. The van der Waals surface area contributed by atoms with Gasteiger partial charge in [-0.15, -0.1) is 0 Å². The summed E-state index contributed by atoms with van der Waals surface area (Å²) in [6.07, 6.45) is 4.25. The highest BCUT2D eigenvalue weighted by molar-refractivity contribution is 5.40. The van der Waals surface area contributed by atoms with Crippen molar-refractivity contribution >= 4 is 0 Å². The summed E-state index contributed by atoms with van der Waals surface area (Å²) in [6, 6.07) is 0. The largest absolute Gasteiger partial charge is 0.397 e. The lowest BCUT2D eigenvalue weighted by Gasteiger charge is -2.42. The lowest BCUT2D eigenvalue weighted by Crippen LogP contribution is -2.37. The summed E-state index contributed by atoms with van der Waals surface area (Å²) in [7, 11) is 4.11. The number of nitrogens with zero attached hydrogens (tertiary/aromatic N) is 1. The molecule has 1 unspecified atom stereocenters. The van der Waals surface area contributed by atoms with E-state index in [0.717, 1.165) is 5.70 Å². The van der Waals surface area contributed by atoms with E-state index in [1.54, 1.807) is 0 Å². The highest BCUT2D eigenvalue weighted by Crippen LogP contribution is 2.49. The van der Waals surface area contributed by atoms with Gasteiger partial charge in [-0.1, -0.05) is 26.8 Å². The van der Waals surface area contributed by atoms with Crippen molar-refractivity contribution in [2.24, 2.45) is 16.6 Å². The molecular weight excluding hydrogens is 172 g/mol. The van der Waals surface area contributed by atoms with Gasteiger partial charge in [0.1, 0.15) is 0 Å². The molecule has 1 atom stereocenters. The third-order valence-electron chi connectivity index (χ3n) is 3.37. The molecule has 0 aromatic heterocycles. The van der Waals surface area contributed by atoms with Gasteiger partial charge in [-0.2, -0.15) is 0 Å². The summed E-state index contributed by atoms with van der Waals surface area (Å²) in [6.45, 7) is 9.00. The molecule has 0 aromatic carbocycles. The molecule has 0 bridgehead atoms. The molecule has 0 aromatic rings. The van der Waals surface area contributed by atoms with Crippen molar-refractivity contribution in [3.63, 3.8) is 0 Å². The van der Waals surface area contributed by atoms with Crippen LogP contribution in [0.2, 0.25) is 0 Å². The molecule has 1 aliphatic rings. The topological polar surface area (TPSA) is 29.3 Å². The van der Waals surface area contributed by atoms with Crippen LogP contribution in [0.4, 0.5) is 0 Å². The quantitative estimate of drug-likeness (QED) is 0.694. The maximum Gasteiger partial charge on any atom is 0.0515 e. The van der Waals surface area contributed by atoms with Crippen LogP contribution in [-0.2, 0) is 0 Å². The third kappa shape index (κ3) is 1.43. The van der Waals surface area contributed by atoms with E-state index in [9.17, 15) is 0 Å². The number of nitrogens with two attached hydrogens (primary N) is 1. The first-order valence-corrected chi connectivity index (χ1v) is 5.07. The minimum Gasteiger partial charge on any atom is -0.397 e. The molecular formula is C12H22N2. The molecule has 2 N–H and O–H groups in total. The number of hydrogen-bond acceptors (Lipinski definition) is 2. The first-order valence-electron chi connectivity index (χ1n) is 5.07. The maximum absolute atomic E-state index is 6.00. The van der Waals surface area contributed by atoms with E-state index in [-0.39, 0.29) is 10.8 Å². The molecule has 2 heteroatoms. The van der Waals surface area contributed by atoms with Crippen molar-refractivity contribution in [2.75, 3.05) is 14.1 Å². The minimum absolute atomic E-state index is 0.0422. The summed E-state index contributed by atoms with van der Waals surface area (Å²) in [5.41, 5.74) is 8.35. The van der Waals surface area contributed by atoms with E-state index < -0.39 is 0 Å². The molecule has 0 amide bonds. The second-order valence-corrected chi connectivity index (χ2v) is 5.48. The van der Waals surface area contributed by atoms with Crippen molar-refractivity contribution in [3.8, 4) is 0 Å². The normalized spacial score (nSPS) is 27.3. The first-order chi connectivity index (χ1) is 6.20. The Labute approximate surface area is 87.5 Å². The van der Waals surface area contributed by atoms with Crippen LogP contribution < -0.4 is 5.73 Å². The Balaban J connectivity index is 3.22. The summed E-state index contributed by atoms with van der Waals surface area (Å²) < 4.78 is 0. The SMILES string of the molecule is CN(C)C1=C(N)C=CC1(C)C(C)(C)C. The summed E-state index contributed by atoms with van der Waals surface area (Å²) in [4.78, 5) is 2.13. The van der Waals surface area contributed by atoms with E-state index in [0.29, 0.717) is 0 Å². The van der Waals surface area contributed by atoms with Crippen molar-refractivity contribution in [3.05, 3.63) is 23.5 Å². The maximum atomic E-state index is 6.00. The highest BCUT2D eigenvalue weighted by Gasteiger charge is 2.43. The Morgan fingerprint density at radius 1 is 1.29 bits per heavy atom. The van der Waals surface area contributed by atoms with Gasteiger partial charge in [-0.3, -0.25) is 0 Å². The van der Waals surface area contributed by atoms with Crippen molar-refractivity contribution < 1.29 is 0 Å². The fourth-order valence-corrected chi connectivity index (χ4v) is 2.04. The van der Waals surface area contributed by atoms with Crippen LogP contribution in [0.25, 0.3) is 0 Å². The van der Waals surface area contributed by atoms with E-state index in [2.05, 4.69) is 52.8 Å². The van der Waals surface area contributed by atoms with Gasteiger partial charge in [0.15, 0.2) is 0 Å². The molecule has 0 aliphatic heterocycles. The fraction of sp³-hybridized carbons (Fsp3) is 0.667. The number of rotatable bonds is 1. The van der Waals surface area contributed by atoms with Gasteiger partial charge < -0.3 is 10.6 Å². The Kier molecular flexibility index (Phi) is 2.42. The third-order valence-corrected chi connectivity index (χ3v) is 3.37. The second kappa shape index (κ2) is 3.04. The van der Waals surface area contributed by atoms with Crippen LogP contribution >= 0.6 is 0 Å². The van der Waals surface area contributed by atoms with Crippen molar-refractivity contribution in [1.82, 2.24) is 4.90 Å². The number of hydrogen-bond donors (Lipinski definition) is 1. The van der Waals surface area contributed by atoms with Gasteiger partial charge in [-0.25, -0.2) is 0 Å². The minimum atomic E-state index is 0.0422. The zero-order valence-electron chi connectivity index (χ0n) is 10.2. The molecule has 80 valence electrons. The molecule has 14 heavy (non-hydrogen) atoms. The van der Waals surface area contributed by atoms with E-state index in [1.165, 1.54) is 5.70 Å². The van der Waals surface area contributed by atoms with Crippen LogP contribution in [0.15, 0.2) is 23.5 Å².